The molecular formula is C16H33NO. The summed E-state index contributed by atoms with van der Waals surface area (Å²) in [5, 5.41) is 3.76. The third-order valence-corrected chi connectivity index (χ3v) is 3.88. The molecule has 0 radical (unpaired) electrons. The summed E-state index contributed by atoms with van der Waals surface area (Å²) in [6.07, 6.45) is 9.51. The molecule has 1 N–H and O–H groups in total. The average Bonchev–Trinajstić information content (AvgIpc) is 2.86. The lowest BCUT2D eigenvalue weighted by Crippen LogP contribution is -2.35. The number of ether oxygens (including phenoxy) is 1. The standard InChI is InChI=1S/C16H33NO/c1-4-11-17-16(15-8-5-6-9-15)10-7-12-18-13-14(2)3/h14-17H,4-13H2,1-3H3. The van der Waals surface area contributed by atoms with Crippen LogP contribution < -0.4 is 5.32 Å². The van der Waals surface area contributed by atoms with Crippen LogP contribution in [0.2, 0.25) is 0 Å². The molecule has 1 aliphatic rings. The van der Waals surface area contributed by atoms with E-state index in [0.29, 0.717) is 5.92 Å². The van der Waals surface area contributed by atoms with E-state index < -0.39 is 0 Å². The first-order chi connectivity index (χ1) is 8.74. The summed E-state index contributed by atoms with van der Waals surface area (Å²) in [5.74, 6) is 1.59. The normalized spacial score (nSPS) is 18.7. The lowest BCUT2D eigenvalue weighted by Gasteiger charge is -2.24. The molecule has 0 spiro atoms. The van der Waals surface area contributed by atoms with Crippen LogP contribution in [0.25, 0.3) is 0 Å². The van der Waals surface area contributed by atoms with Gasteiger partial charge in [0.25, 0.3) is 0 Å². The predicted molar refractivity (Wildman–Crippen MR) is 78.9 cm³/mol. The second-order valence-corrected chi connectivity index (χ2v) is 6.22. The van der Waals surface area contributed by atoms with Crippen molar-refractivity contribution in [2.75, 3.05) is 19.8 Å². The smallest absolute Gasteiger partial charge is 0.0488 e. The van der Waals surface area contributed by atoms with E-state index in [9.17, 15) is 0 Å². The quantitative estimate of drug-likeness (QED) is 0.596. The summed E-state index contributed by atoms with van der Waals surface area (Å²) in [6.45, 7) is 9.71. The number of rotatable bonds is 10. The van der Waals surface area contributed by atoms with Gasteiger partial charge in [-0.1, -0.05) is 33.6 Å². The topological polar surface area (TPSA) is 21.3 Å². The summed E-state index contributed by atoms with van der Waals surface area (Å²) in [7, 11) is 0. The van der Waals surface area contributed by atoms with Crippen LogP contribution >= 0.6 is 0 Å². The molecule has 108 valence electrons. The Hall–Kier alpha value is -0.0800. The van der Waals surface area contributed by atoms with Gasteiger partial charge in [-0.3, -0.25) is 0 Å². The first kappa shape index (κ1) is 16.0. The highest BCUT2D eigenvalue weighted by molar-refractivity contribution is 4.80. The Labute approximate surface area is 114 Å². The Bertz CT molecular complexity index is 188. The van der Waals surface area contributed by atoms with Crippen molar-refractivity contribution >= 4 is 0 Å². The highest BCUT2D eigenvalue weighted by atomic mass is 16.5. The van der Waals surface area contributed by atoms with Gasteiger partial charge in [0.15, 0.2) is 0 Å². The molecule has 1 rings (SSSR count). The zero-order valence-corrected chi connectivity index (χ0v) is 12.7. The first-order valence-corrected chi connectivity index (χ1v) is 8.05. The van der Waals surface area contributed by atoms with E-state index in [4.69, 9.17) is 4.74 Å². The molecule has 0 bridgehead atoms. The molecule has 1 aliphatic carbocycles. The van der Waals surface area contributed by atoms with Crippen LogP contribution in [0.3, 0.4) is 0 Å². The molecule has 1 fully saturated rings. The Morgan fingerprint density at radius 3 is 2.56 bits per heavy atom. The second-order valence-electron chi connectivity index (χ2n) is 6.22. The monoisotopic (exact) mass is 255 g/mol. The Morgan fingerprint density at radius 2 is 1.94 bits per heavy atom. The molecule has 1 saturated carbocycles. The van der Waals surface area contributed by atoms with Gasteiger partial charge in [-0.15, -0.1) is 0 Å². The molecule has 0 amide bonds. The number of nitrogens with one attached hydrogen (secondary N) is 1. The van der Waals surface area contributed by atoms with Crippen LogP contribution in [0.1, 0.15) is 65.7 Å². The third-order valence-electron chi connectivity index (χ3n) is 3.88. The SMILES string of the molecule is CCCNC(CCCOCC(C)C)C1CCCC1. The molecular weight excluding hydrogens is 222 g/mol. The van der Waals surface area contributed by atoms with Crippen molar-refractivity contribution in [3.8, 4) is 0 Å². The first-order valence-electron chi connectivity index (χ1n) is 8.05. The maximum Gasteiger partial charge on any atom is 0.0488 e. The molecule has 0 aromatic heterocycles. The van der Waals surface area contributed by atoms with Crippen molar-refractivity contribution < 1.29 is 4.74 Å². The maximum absolute atomic E-state index is 5.68. The van der Waals surface area contributed by atoms with E-state index in [1.807, 2.05) is 0 Å². The van der Waals surface area contributed by atoms with Crippen molar-refractivity contribution in [3.05, 3.63) is 0 Å². The minimum absolute atomic E-state index is 0.661. The van der Waals surface area contributed by atoms with Gasteiger partial charge in [0.05, 0.1) is 0 Å². The fraction of sp³-hybridized carbons (Fsp3) is 1.00. The van der Waals surface area contributed by atoms with Crippen LogP contribution in [-0.4, -0.2) is 25.8 Å². The molecule has 2 nitrogen and oxygen atoms in total. The average molecular weight is 255 g/mol. The molecule has 0 heterocycles. The molecule has 0 saturated heterocycles. The van der Waals surface area contributed by atoms with E-state index in [1.165, 1.54) is 51.5 Å². The molecule has 0 aromatic rings. The van der Waals surface area contributed by atoms with Gasteiger partial charge >= 0.3 is 0 Å². The molecule has 1 atom stereocenters. The van der Waals surface area contributed by atoms with Gasteiger partial charge in [0.2, 0.25) is 0 Å². The minimum Gasteiger partial charge on any atom is -0.381 e. The summed E-state index contributed by atoms with van der Waals surface area (Å²) >= 11 is 0. The van der Waals surface area contributed by atoms with Crippen molar-refractivity contribution in [1.29, 1.82) is 0 Å². The van der Waals surface area contributed by atoms with Crippen LogP contribution in [0.4, 0.5) is 0 Å². The van der Waals surface area contributed by atoms with Crippen LogP contribution in [-0.2, 0) is 4.74 Å². The van der Waals surface area contributed by atoms with Gasteiger partial charge in [-0.2, -0.15) is 0 Å². The van der Waals surface area contributed by atoms with E-state index in [0.717, 1.165) is 25.2 Å². The number of hydrogen-bond donors (Lipinski definition) is 1. The summed E-state index contributed by atoms with van der Waals surface area (Å²) in [6, 6.07) is 0.745. The minimum atomic E-state index is 0.661. The Kier molecular flexibility index (Phi) is 8.70. The maximum atomic E-state index is 5.68. The van der Waals surface area contributed by atoms with E-state index in [1.54, 1.807) is 0 Å². The van der Waals surface area contributed by atoms with Gasteiger partial charge in [-0.25, -0.2) is 0 Å². The van der Waals surface area contributed by atoms with Crippen LogP contribution in [0.15, 0.2) is 0 Å². The van der Waals surface area contributed by atoms with Gasteiger partial charge in [-0.05, 0) is 50.5 Å². The van der Waals surface area contributed by atoms with E-state index in [-0.39, 0.29) is 0 Å². The Balaban J connectivity index is 2.14. The fourth-order valence-electron chi connectivity index (χ4n) is 2.92. The zero-order valence-electron chi connectivity index (χ0n) is 12.7. The molecule has 1 unspecified atom stereocenters. The summed E-state index contributed by atoms with van der Waals surface area (Å²) < 4.78 is 5.68. The third kappa shape index (κ3) is 6.75. The van der Waals surface area contributed by atoms with Crippen molar-refractivity contribution in [2.24, 2.45) is 11.8 Å². The Morgan fingerprint density at radius 1 is 1.22 bits per heavy atom. The van der Waals surface area contributed by atoms with Gasteiger partial charge in [0.1, 0.15) is 0 Å². The zero-order chi connectivity index (χ0) is 13.2. The summed E-state index contributed by atoms with van der Waals surface area (Å²) in [4.78, 5) is 0. The lowest BCUT2D eigenvalue weighted by molar-refractivity contribution is 0.103. The van der Waals surface area contributed by atoms with Gasteiger partial charge in [0, 0.05) is 19.3 Å². The van der Waals surface area contributed by atoms with Crippen LogP contribution in [0, 0.1) is 11.8 Å². The van der Waals surface area contributed by atoms with Crippen LogP contribution in [0.5, 0.6) is 0 Å². The highest BCUT2D eigenvalue weighted by Crippen LogP contribution is 2.29. The van der Waals surface area contributed by atoms with Crippen molar-refractivity contribution in [1.82, 2.24) is 5.32 Å². The molecule has 0 aliphatic heterocycles. The highest BCUT2D eigenvalue weighted by Gasteiger charge is 2.23. The molecule has 0 aromatic carbocycles. The van der Waals surface area contributed by atoms with E-state index >= 15 is 0 Å². The van der Waals surface area contributed by atoms with Crippen molar-refractivity contribution in [2.45, 2.75) is 71.8 Å². The van der Waals surface area contributed by atoms with Crippen molar-refractivity contribution in [3.63, 3.8) is 0 Å². The number of hydrogen-bond acceptors (Lipinski definition) is 2. The molecule has 2 heteroatoms. The predicted octanol–water partition coefficient (Wildman–Crippen LogP) is 4.00. The fourth-order valence-corrected chi connectivity index (χ4v) is 2.92. The summed E-state index contributed by atoms with van der Waals surface area (Å²) in [5.41, 5.74) is 0. The second kappa shape index (κ2) is 9.80. The van der Waals surface area contributed by atoms with Gasteiger partial charge < -0.3 is 10.1 Å². The largest absolute Gasteiger partial charge is 0.381 e. The molecule has 18 heavy (non-hydrogen) atoms. The van der Waals surface area contributed by atoms with E-state index in [2.05, 4.69) is 26.1 Å². The lowest BCUT2D eigenvalue weighted by atomic mass is 9.94.